The van der Waals surface area contributed by atoms with Crippen molar-refractivity contribution in [3.8, 4) is 11.8 Å². The van der Waals surface area contributed by atoms with Crippen LogP contribution in [0.4, 0.5) is 0 Å². The highest BCUT2D eigenvalue weighted by molar-refractivity contribution is 9.10. The van der Waals surface area contributed by atoms with Crippen molar-refractivity contribution < 1.29 is 0 Å². The van der Waals surface area contributed by atoms with Crippen LogP contribution in [-0.4, -0.2) is 9.78 Å². The van der Waals surface area contributed by atoms with Gasteiger partial charge in [-0.3, -0.25) is 0 Å². The number of benzene rings is 1. The van der Waals surface area contributed by atoms with Crippen molar-refractivity contribution in [2.24, 2.45) is 0 Å². The van der Waals surface area contributed by atoms with Gasteiger partial charge in [-0.1, -0.05) is 12.1 Å². The van der Waals surface area contributed by atoms with Crippen LogP contribution < -0.4 is 0 Å². The van der Waals surface area contributed by atoms with E-state index in [9.17, 15) is 0 Å². The third-order valence-corrected chi connectivity index (χ3v) is 2.88. The van der Waals surface area contributed by atoms with Gasteiger partial charge in [0.2, 0.25) is 0 Å². The third-order valence-electron chi connectivity index (χ3n) is 2.21. The molecule has 0 amide bonds. The fraction of sp³-hybridized carbons (Fsp3) is 0.0909. The maximum absolute atomic E-state index is 8.83. The lowest BCUT2D eigenvalue weighted by Crippen LogP contribution is -1.99. The molecule has 1 heterocycles. The molecule has 0 saturated carbocycles. The molecule has 3 nitrogen and oxygen atoms in total. The van der Waals surface area contributed by atoms with Gasteiger partial charge in [0, 0.05) is 4.47 Å². The van der Waals surface area contributed by atoms with Crippen LogP contribution in [0.25, 0.3) is 5.69 Å². The van der Waals surface area contributed by atoms with Gasteiger partial charge in [0.1, 0.15) is 6.07 Å². The van der Waals surface area contributed by atoms with Crippen molar-refractivity contribution in [1.82, 2.24) is 9.78 Å². The topological polar surface area (TPSA) is 41.6 Å². The molecule has 0 radical (unpaired) electrons. The van der Waals surface area contributed by atoms with Crippen LogP contribution in [0.15, 0.2) is 34.9 Å². The van der Waals surface area contributed by atoms with E-state index in [0.717, 1.165) is 15.9 Å². The molecule has 0 saturated heterocycles. The molecular formula is C11H8BrN3. The largest absolute Gasteiger partial charge is 0.236 e. The van der Waals surface area contributed by atoms with Crippen LogP contribution in [0, 0.1) is 18.3 Å². The molecule has 74 valence electrons. The molecule has 4 heteroatoms. The van der Waals surface area contributed by atoms with E-state index in [0.29, 0.717) is 5.56 Å². The summed E-state index contributed by atoms with van der Waals surface area (Å²) in [6.45, 7) is 1.88. The van der Waals surface area contributed by atoms with Gasteiger partial charge in [0.25, 0.3) is 0 Å². The number of hydrogen-bond acceptors (Lipinski definition) is 2. The highest BCUT2D eigenvalue weighted by atomic mass is 79.9. The minimum atomic E-state index is 0.603. The summed E-state index contributed by atoms with van der Waals surface area (Å²) in [6.07, 6.45) is 1.58. The van der Waals surface area contributed by atoms with Crippen molar-refractivity contribution in [2.45, 2.75) is 6.92 Å². The lowest BCUT2D eigenvalue weighted by molar-refractivity contribution is 0.843. The molecule has 0 aliphatic carbocycles. The van der Waals surface area contributed by atoms with Crippen LogP contribution in [-0.2, 0) is 0 Å². The second-order valence-corrected chi connectivity index (χ2v) is 3.97. The smallest absolute Gasteiger partial charge is 0.103 e. The molecule has 2 rings (SSSR count). The Morgan fingerprint density at radius 2 is 2.13 bits per heavy atom. The first-order chi connectivity index (χ1) is 7.24. The number of aromatic nitrogens is 2. The highest BCUT2D eigenvalue weighted by Gasteiger charge is 2.09. The van der Waals surface area contributed by atoms with Crippen LogP contribution in [0.3, 0.4) is 0 Å². The molecule has 15 heavy (non-hydrogen) atoms. The quantitative estimate of drug-likeness (QED) is 0.792. The lowest BCUT2D eigenvalue weighted by Gasteiger charge is -2.05. The van der Waals surface area contributed by atoms with Gasteiger partial charge in [-0.05, 0) is 35.0 Å². The number of nitriles is 1. The summed E-state index contributed by atoms with van der Waals surface area (Å²) >= 11 is 3.45. The molecule has 0 aliphatic rings. The maximum atomic E-state index is 8.83. The zero-order valence-corrected chi connectivity index (χ0v) is 9.69. The second kappa shape index (κ2) is 3.87. The minimum Gasteiger partial charge on any atom is -0.236 e. The summed E-state index contributed by atoms with van der Waals surface area (Å²) in [4.78, 5) is 0. The number of nitrogens with zero attached hydrogens (tertiary/aromatic N) is 3. The Hall–Kier alpha value is -1.60. The Kier molecular flexibility index (Phi) is 2.57. The monoisotopic (exact) mass is 261 g/mol. The normalized spacial score (nSPS) is 9.93. The Labute approximate surface area is 96.1 Å². The summed E-state index contributed by atoms with van der Waals surface area (Å²) in [7, 11) is 0. The molecule has 0 N–H and O–H groups in total. The number of para-hydroxylation sites is 1. The van der Waals surface area contributed by atoms with Gasteiger partial charge in [-0.2, -0.15) is 10.4 Å². The van der Waals surface area contributed by atoms with Gasteiger partial charge < -0.3 is 0 Å². The summed E-state index contributed by atoms with van der Waals surface area (Å²) < 4.78 is 2.71. The maximum Gasteiger partial charge on any atom is 0.103 e. The molecule has 2 aromatic rings. The van der Waals surface area contributed by atoms with E-state index in [1.54, 1.807) is 10.9 Å². The van der Waals surface area contributed by atoms with Gasteiger partial charge in [-0.25, -0.2) is 4.68 Å². The summed E-state index contributed by atoms with van der Waals surface area (Å²) in [6, 6.07) is 9.88. The van der Waals surface area contributed by atoms with Gasteiger partial charge in [0.05, 0.1) is 23.1 Å². The average Bonchev–Trinajstić information content (AvgIpc) is 2.60. The molecular weight excluding hydrogens is 254 g/mol. The fourth-order valence-electron chi connectivity index (χ4n) is 1.39. The fourth-order valence-corrected chi connectivity index (χ4v) is 1.84. The molecule has 0 atom stereocenters. The molecule has 0 aliphatic heterocycles. The first-order valence-corrected chi connectivity index (χ1v) is 5.23. The summed E-state index contributed by atoms with van der Waals surface area (Å²) in [5.74, 6) is 0. The Bertz CT molecular complexity index is 537. The predicted molar refractivity (Wildman–Crippen MR) is 60.7 cm³/mol. The Morgan fingerprint density at radius 3 is 2.73 bits per heavy atom. The van der Waals surface area contributed by atoms with Crippen molar-refractivity contribution in [3.05, 3.63) is 46.2 Å². The van der Waals surface area contributed by atoms with E-state index in [-0.39, 0.29) is 0 Å². The van der Waals surface area contributed by atoms with E-state index in [4.69, 9.17) is 5.26 Å². The SMILES string of the molecule is Cc1c(C#N)cnn1-c1ccccc1Br. The van der Waals surface area contributed by atoms with E-state index < -0.39 is 0 Å². The molecule has 1 aromatic carbocycles. The number of hydrogen-bond donors (Lipinski definition) is 0. The van der Waals surface area contributed by atoms with E-state index in [1.165, 1.54) is 0 Å². The third kappa shape index (κ3) is 1.66. The van der Waals surface area contributed by atoms with Crippen LogP contribution in [0.5, 0.6) is 0 Å². The molecule has 0 spiro atoms. The van der Waals surface area contributed by atoms with Crippen molar-refractivity contribution in [1.29, 1.82) is 5.26 Å². The number of rotatable bonds is 1. The standard InChI is InChI=1S/C11H8BrN3/c1-8-9(6-13)7-14-15(8)11-5-3-2-4-10(11)12/h2-5,7H,1H3. The van der Waals surface area contributed by atoms with Crippen molar-refractivity contribution >= 4 is 15.9 Å². The first-order valence-electron chi connectivity index (χ1n) is 4.43. The first kappa shape index (κ1) is 9.94. The average molecular weight is 262 g/mol. The minimum absolute atomic E-state index is 0.603. The molecule has 0 fully saturated rings. The van der Waals surface area contributed by atoms with Gasteiger partial charge in [-0.15, -0.1) is 0 Å². The van der Waals surface area contributed by atoms with Crippen LogP contribution in [0.1, 0.15) is 11.3 Å². The molecule has 0 unspecified atom stereocenters. The zero-order valence-electron chi connectivity index (χ0n) is 8.11. The Morgan fingerprint density at radius 1 is 1.40 bits per heavy atom. The number of halogens is 1. The van der Waals surface area contributed by atoms with E-state index in [1.807, 2.05) is 31.2 Å². The highest BCUT2D eigenvalue weighted by Crippen LogP contribution is 2.22. The molecule has 1 aromatic heterocycles. The van der Waals surface area contributed by atoms with Crippen LogP contribution >= 0.6 is 15.9 Å². The van der Waals surface area contributed by atoms with Crippen LogP contribution in [0.2, 0.25) is 0 Å². The summed E-state index contributed by atoms with van der Waals surface area (Å²) in [5, 5.41) is 13.0. The predicted octanol–water partition coefficient (Wildman–Crippen LogP) is 2.81. The Balaban J connectivity index is 2.61. The van der Waals surface area contributed by atoms with E-state index >= 15 is 0 Å². The zero-order chi connectivity index (χ0) is 10.8. The van der Waals surface area contributed by atoms with Gasteiger partial charge in [0.15, 0.2) is 0 Å². The molecule has 0 bridgehead atoms. The van der Waals surface area contributed by atoms with Gasteiger partial charge >= 0.3 is 0 Å². The summed E-state index contributed by atoms with van der Waals surface area (Å²) in [5.41, 5.74) is 2.40. The second-order valence-electron chi connectivity index (χ2n) is 3.12. The van der Waals surface area contributed by atoms with E-state index in [2.05, 4.69) is 27.1 Å². The van der Waals surface area contributed by atoms with Crippen molar-refractivity contribution in [3.63, 3.8) is 0 Å². The lowest BCUT2D eigenvalue weighted by atomic mass is 10.2. The van der Waals surface area contributed by atoms with Crippen molar-refractivity contribution in [2.75, 3.05) is 0 Å².